The zero-order chi connectivity index (χ0) is 19.4. The highest BCUT2D eigenvalue weighted by Crippen LogP contribution is 2.23. The minimum atomic E-state index is 0.0178. The molecule has 0 fully saturated rings. The summed E-state index contributed by atoms with van der Waals surface area (Å²) in [5.74, 6) is 1.58. The van der Waals surface area contributed by atoms with E-state index in [-0.39, 0.29) is 11.6 Å². The van der Waals surface area contributed by atoms with Crippen LogP contribution in [0, 0.1) is 0 Å². The molecule has 0 aliphatic carbocycles. The van der Waals surface area contributed by atoms with Crippen LogP contribution < -0.4 is 20.3 Å². The summed E-state index contributed by atoms with van der Waals surface area (Å²) in [5.41, 5.74) is 2.59. The molecule has 0 aliphatic rings. The van der Waals surface area contributed by atoms with Gasteiger partial charge >= 0.3 is 0 Å². The van der Waals surface area contributed by atoms with Crippen LogP contribution >= 0.6 is 0 Å². The van der Waals surface area contributed by atoms with E-state index in [1.54, 1.807) is 7.11 Å². The number of hydrogen-bond acceptors (Lipinski definition) is 4. The minimum Gasteiger partial charge on any atom is -0.497 e. The molecule has 0 bridgehead atoms. The minimum absolute atomic E-state index is 0.0178. The Morgan fingerprint density at radius 3 is 2.37 bits per heavy atom. The van der Waals surface area contributed by atoms with Gasteiger partial charge in [-0.2, -0.15) is 0 Å². The number of ether oxygens (including phenoxy) is 2. The summed E-state index contributed by atoms with van der Waals surface area (Å²) < 4.78 is 12.6. The fourth-order valence-electron chi connectivity index (χ4n) is 3.17. The van der Waals surface area contributed by atoms with E-state index in [0.29, 0.717) is 13.2 Å². The molecule has 1 N–H and O–H groups in total. The van der Waals surface area contributed by atoms with E-state index in [2.05, 4.69) is 5.32 Å². The average Bonchev–Trinajstić information content (AvgIpc) is 2.67. The summed E-state index contributed by atoms with van der Waals surface area (Å²) in [7, 11) is 1.63. The maximum atomic E-state index is 13.0. The largest absolute Gasteiger partial charge is 0.497 e. The molecule has 1 heterocycles. The normalized spacial score (nSPS) is 11.0. The monoisotopic (exact) mass is 366 g/mol. The van der Waals surface area contributed by atoms with Gasteiger partial charge in [-0.1, -0.05) is 0 Å². The van der Waals surface area contributed by atoms with Crippen LogP contribution in [-0.2, 0) is 6.54 Å². The third-order valence-corrected chi connectivity index (χ3v) is 4.49. The Morgan fingerprint density at radius 2 is 1.74 bits per heavy atom. The lowest BCUT2D eigenvalue weighted by atomic mass is 10.1. The molecule has 0 atom stereocenters. The van der Waals surface area contributed by atoms with Gasteiger partial charge in [0.05, 0.1) is 19.2 Å². The van der Waals surface area contributed by atoms with Gasteiger partial charge in [0.25, 0.3) is 5.56 Å². The van der Waals surface area contributed by atoms with Crippen molar-refractivity contribution in [1.29, 1.82) is 0 Å². The van der Waals surface area contributed by atoms with Crippen molar-refractivity contribution in [3.05, 3.63) is 64.4 Å². The first kappa shape index (κ1) is 18.8. The average molecular weight is 366 g/mol. The van der Waals surface area contributed by atoms with Gasteiger partial charge < -0.3 is 19.4 Å². The fourth-order valence-corrected chi connectivity index (χ4v) is 3.17. The molecule has 5 nitrogen and oxygen atoms in total. The zero-order valence-corrected chi connectivity index (χ0v) is 16.3. The zero-order valence-electron chi connectivity index (χ0n) is 16.3. The number of nitrogens with one attached hydrogen (secondary N) is 1. The first-order valence-corrected chi connectivity index (χ1v) is 9.22. The topological polar surface area (TPSA) is 52.5 Å². The number of benzene rings is 2. The summed E-state index contributed by atoms with van der Waals surface area (Å²) in [6.45, 7) is 7.10. The lowest BCUT2D eigenvalue weighted by Crippen LogP contribution is -2.26. The first-order valence-electron chi connectivity index (χ1n) is 9.22. The quantitative estimate of drug-likeness (QED) is 0.664. The highest BCUT2D eigenvalue weighted by molar-refractivity contribution is 5.81. The van der Waals surface area contributed by atoms with Crippen LogP contribution in [0.25, 0.3) is 10.9 Å². The second-order valence-electron chi connectivity index (χ2n) is 6.67. The van der Waals surface area contributed by atoms with E-state index in [1.165, 1.54) is 0 Å². The van der Waals surface area contributed by atoms with Crippen LogP contribution in [0.15, 0.2) is 53.3 Å². The molecular formula is C22H26N2O3. The molecule has 0 amide bonds. The van der Waals surface area contributed by atoms with Crippen LogP contribution in [0.5, 0.6) is 11.5 Å². The lowest BCUT2D eigenvalue weighted by molar-refractivity contribution is 0.340. The van der Waals surface area contributed by atoms with Crippen molar-refractivity contribution in [2.24, 2.45) is 0 Å². The van der Waals surface area contributed by atoms with E-state index in [9.17, 15) is 4.79 Å². The number of anilines is 1. The SMILES string of the molecule is CCOc1ccc(NCc2cc3ccc(OC)cc3n(C(C)C)c2=O)cc1. The van der Waals surface area contributed by atoms with Gasteiger partial charge in [0, 0.05) is 29.9 Å². The van der Waals surface area contributed by atoms with Gasteiger partial charge in [0.2, 0.25) is 0 Å². The molecule has 0 radical (unpaired) electrons. The Morgan fingerprint density at radius 1 is 1.04 bits per heavy atom. The van der Waals surface area contributed by atoms with E-state index in [1.807, 2.05) is 73.9 Å². The third kappa shape index (κ3) is 4.08. The highest BCUT2D eigenvalue weighted by Gasteiger charge is 2.12. The smallest absolute Gasteiger partial charge is 0.256 e. The first-order chi connectivity index (χ1) is 13.0. The van der Waals surface area contributed by atoms with Crippen LogP contribution in [-0.4, -0.2) is 18.3 Å². The van der Waals surface area contributed by atoms with Crippen molar-refractivity contribution in [3.8, 4) is 11.5 Å². The van der Waals surface area contributed by atoms with Gasteiger partial charge in [-0.15, -0.1) is 0 Å². The maximum Gasteiger partial charge on any atom is 0.256 e. The van der Waals surface area contributed by atoms with Crippen molar-refractivity contribution in [2.45, 2.75) is 33.4 Å². The molecule has 5 heteroatoms. The highest BCUT2D eigenvalue weighted by atomic mass is 16.5. The van der Waals surface area contributed by atoms with Gasteiger partial charge in [-0.05, 0) is 68.6 Å². The van der Waals surface area contributed by atoms with Crippen molar-refractivity contribution < 1.29 is 9.47 Å². The number of nitrogens with zero attached hydrogens (tertiary/aromatic N) is 1. The van der Waals surface area contributed by atoms with Crippen LogP contribution in [0.3, 0.4) is 0 Å². The lowest BCUT2D eigenvalue weighted by Gasteiger charge is -2.17. The van der Waals surface area contributed by atoms with Crippen molar-refractivity contribution in [2.75, 3.05) is 19.0 Å². The van der Waals surface area contributed by atoms with Crippen LogP contribution in [0.1, 0.15) is 32.4 Å². The van der Waals surface area contributed by atoms with Crippen molar-refractivity contribution in [1.82, 2.24) is 4.57 Å². The van der Waals surface area contributed by atoms with Crippen molar-refractivity contribution in [3.63, 3.8) is 0 Å². The predicted octanol–water partition coefficient (Wildman–Crippen LogP) is 4.60. The maximum absolute atomic E-state index is 13.0. The van der Waals surface area contributed by atoms with Gasteiger partial charge in [0.15, 0.2) is 0 Å². The summed E-state index contributed by atoms with van der Waals surface area (Å²) in [4.78, 5) is 13.0. The molecule has 3 aromatic rings. The molecule has 1 aromatic heterocycles. The second-order valence-corrected chi connectivity index (χ2v) is 6.67. The molecule has 2 aromatic carbocycles. The second kappa shape index (κ2) is 8.16. The Labute approximate surface area is 159 Å². The van der Waals surface area contributed by atoms with Gasteiger partial charge in [-0.3, -0.25) is 4.79 Å². The molecular weight excluding hydrogens is 340 g/mol. The molecule has 0 saturated carbocycles. The standard InChI is InChI=1S/C22H26N2O3/c1-5-27-19-10-7-18(8-11-19)23-14-17-12-16-6-9-20(26-4)13-21(16)24(15(2)3)22(17)25/h6-13,15,23H,5,14H2,1-4H3. The molecule has 0 saturated heterocycles. The van der Waals surface area contributed by atoms with E-state index < -0.39 is 0 Å². The number of rotatable bonds is 7. The Bertz CT molecular complexity index is 975. The fraction of sp³-hybridized carbons (Fsp3) is 0.318. The molecule has 0 aliphatic heterocycles. The number of fused-ring (bicyclic) bond motifs is 1. The van der Waals surface area contributed by atoms with Crippen LogP contribution in [0.4, 0.5) is 5.69 Å². The molecule has 0 spiro atoms. The molecule has 27 heavy (non-hydrogen) atoms. The number of pyridine rings is 1. The Kier molecular flexibility index (Phi) is 5.69. The number of methoxy groups -OCH3 is 1. The van der Waals surface area contributed by atoms with Crippen LogP contribution in [0.2, 0.25) is 0 Å². The van der Waals surface area contributed by atoms with Gasteiger partial charge in [-0.25, -0.2) is 0 Å². The van der Waals surface area contributed by atoms with E-state index in [0.717, 1.165) is 33.7 Å². The Balaban J connectivity index is 1.92. The molecule has 0 unspecified atom stereocenters. The third-order valence-electron chi connectivity index (χ3n) is 4.49. The molecule has 142 valence electrons. The summed E-state index contributed by atoms with van der Waals surface area (Å²) in [5, 5.41) is 4.35. The summed E-state index contributed by atoms with van der Waals surface area (Å²) >= 11 is 0. The van der Waals surface area contributed by atoms with E-state index in [4.69, 9.17) is 9.47 Å². The Hall–Kier alpha value is -2.95. The molecule has 3 rings (SSSR count). The van der Waals surface area contributed by atoms with Gasteiger partial charge in [0.1, 0.15) is 11.5 Å². The van der Waals surface area contributed by atoms with Crippen molar-refractivity contribution >= 4 is 16.6 Å². The number of aromatic nitrogens is 1. The predicted molar refractivity (Wildman–Crippen MR) is 110 cm³/mol. The summed E-state index contributed by atoms with van der Waals surface area (Å²) in [6, 6.07) is 15.6. The summed E-state index contributed by atoms with van der Waals surface area (Å²) in [6.07, 6.45) is 0. The van der Waals surface area contributed by atoms with E-state index >= 15 is 0 Å². The number of hydrogen-bond donors (Lipinski definition) is 1.